The minimum Gasteiger partial charge on any atom is -0.455 e. The minimum absolute atomic E-state index is 0.136. The Hall–Kier alpha value is -3.62. The van der Waals surface area contributed by atoms with E-state index in [4.69, 9.17) is 23.7 Å². The second-order valence-corrected chi connectivity index (χ2v) is 17.4. The van der Waals surface area contributed by atoms with Crippen molar-refractivity contribution in [2.45, 2.75) is 159 Å². The van der Waals surface area contributed by atoms with Crippen LogP contribution in [-0.4, -0.2) is 170 Å². The lowest BCUT2D eigenvalue weighted by Crippen LogP contribution is -2.66. The van der Waals surface area contributed by atoms with E-state index in [1.807, 2.05) is 36.7 Å². The number of alkyl halides is 1. The molecule has 60 heavy (non-hydrogen) atoms. The number of amides is 1. The first-order chi connectivity index (χ1) is 28.2. The number of aliphatic hydroxyl groups excluding tert-OH is 3. The highest BCUT2D eigenvalue weighted by atomic mass is 19.1. The molecule has 5 heterocycles. The number of halogens is 1. The smallest absolute Gasteiger partial charge is 0.410 e. The topological polar surface area (TPSA) is 207 Å². The highest BCUT2D eigenvalue weighted by Gasteiger charge is 2.61. The van der Waals surface area contributed by atoms with Gasteiger partial charge in [0.25, 0.3) is 5.67 Å². The van der Waals surface area contributed by atoms with Gasteiger partial charge in [0, 0.05) is 62.4 Å². The number of nitrogens with zero attached hydrogens (tertiary/aromatic N) is 5. The Labute approximate surface area is 351 Å². The molecule has 0 aromatic carbocycles. The number of esters is 1. The number of carbonyl (C=O) groups is 3. The molecule has 0 radical (unpaired) electrons. The van der Waals surface area contributed by atoms with E-state index in [0.29, 0.717) is 25.9 Å². The molecule has 0 spiro atoms. The summed E-state index contributed by atoms with van der Waals surface area (Å²) >= 11 is 0. The zero-order valence-corrected chi connectivity index (χ0v) is 36.5. The van der Waals surface area contributed by atoms with Crippen LogP contribution in [0.4, 0.5) is 9.18 Å². The summed E-state index contributed by atoms with van der Waals surface area (Å²) in [6.07, 6.45) is 0.161. The average Bonchev–Trinajstić information content (AvgIpc) is 3.78. The highest BCUT2D eigenvalue weighted by molar-refractivity contribution is 6.07. The third-order valence-corrected chi connectivity index (χ3v) is 12.6. The van der Waals surface area contributed by atoms with E-state index < -0.39 is 108 Å². The van der Waals surface area contributed by atoms with Crippen molar-refractivity contribution in [2.24, 2.45) is 5.92 Å². The van der Waals surface area contributed by atoms with Crippen LogP contribution in [0.2, 0.25) is 0 Å². The maximum atomic E-state index is 16.9. The van der Waals surface area contributed by atoms with Gasteiger partial charge in [-0.1, -0.05) is 13.8 Å². The van der Waals surface area contributed by atoms with Crippen LogP contribution in [0.25, 0.3) is 11.3 Å². The molecule has 17 nitrogen and oxygen atoms in total. The van der Waals surface area contributed by atoms with Crippen molar-refractivity contribution in [3.05, 3.63) is 37.1 Å². The summed E-state index contributed by atoms with van der Waals surface area (Å²) in [6.45, 7) is 11.4. The van der Waals surface area contributed by atoms with E-state index in [2.05, 4.69) is 15.3 Å². The lowest BCUT2D eigenvalue weighted by molar-refractivity contribution is -0.319. The number of pyridine rings is 1. The molecule has 3 fully saturated rings. The molecular formula is C42H65FN6O11. The SMILES string of the molecule is CC[C@@H]1OC(=O)[C@@](C)(F)C(=O)[C@H](C)[C@@H](O[C@@H]2O[C@H](CO)[C@@H](O)[C@H](N(C)C)[C@H]2O)[C@@](C)(OC)C[C@@H](C)N[C@@H](C)[C@H]2N(CCCCn3cnc(-c4cccnc4)c3)C(=O)O[C@]12C. The van der Waals surface area contributed by atoms with E-state index in [0.717, 1.165) is 18.2 Å². The molecular weight excluding hydrogens is 783 g/mol. The van der Waals surface area contributed by atoms with Gasteiger partial charge >= 0.3 is 12.1 Å². The fourth-order valence-electron chi connectivity index (χ4n) is 9.46. The molecule has 3 saturated heterocycles. The van der Waals surface area contributed by atoms with Crippen molar-refractivity contribution in [1.29, 1.82) is 0 Å². The van der Waals surface area contributed by atoms with Gasteiger partial charge in [0.2, 0.25) is 0 Å². The van der Waals surface area contributed by atoms with Crippen LogP contribution in [0.15, 0.2) is 37.1 Å². The number of aryl methyl sites for hydroxylation is 1. The Morgan fingerprint density at radius 2 is 1.78 bits per heavy atom. The summed E-state index contributed by atoms with van der Waals surface area (Å²) in [7, 11) is 4.68. The van der Waals surface area contributed by atoms with Crippen molar-refractivity contribution in [2.75, 3.05) is 34.4 Å². The molecule has 0 bridgehead atoms. The summed E-state index contributed by atoms with van der Waals surface area (Å²) in [6, 6.07) is 1.23. The van der Waals surface area contributed by atoms with Crippen LogP contribution in [-0.2, 0) is 39.8 Å². The Kier molecular flexibility index (Phi) is 15.2. The number of carbonyl (C=O) groups excluding carboxylic acids is 3. The number of unbranched alkanes of at least 4 members (excludes halogenated alkanes) is 1. The molecule has 1 amide bonds. The van der Waals surface area contributed by atoms with Crippen molar-refractivity contribution in [3.63, 3.8) is 0 Å². The number of aliphatic hydroxyl groups is 3. The van der Waals surface area contributed by atoms with Gasteiger partial charge in [-0.05, 0) is 86.5 Å². The van der Waals surface area contributed by atoms with E-state index >= 15 is 4.39 Å². The Morgan fingerprint density at radius 3 is 2.40 bits per heavy atom. The fraction of sp³-hybridized carbons (Fsp3) is 0.738. The third-order valence-electron chi connectivity index (χ3n) is 12.6. The molecule has 5 rings (SSSR count). The first-order valence-electron chi connectivity index (χ1n) is 20.9. The van der Waals surface area contributed by atoms with Crippen LogP contribution >= 0.6 is 0 Å². The molecule has 14 atom stereocenters. The van der Waals surface area contributed by atoms with Crippen molar-refractivity contribution in [3.8, 4) is 11.3 Å². The normalized spacial score (nSPS) is 38.4. The number of fused-ring (bicyclic) bond motifs is 1. The molecule has 4 N–H and O–H groups in total. The molecule has 2 aromatic heterocycles. The zero-order chi connectivity index (χ0) is 44.3. The first-order valence-corrected chi connectivity index (χ1v) is 20.9. The van der Waals surface area contributed by atoms with E-state index in [-0.39, 0.29) is 12.8 Å². The number of imidazole rings is 1. The summed E-state index contributed by atoms with van der Waals surface area (Å²) in [4.78, 5) is 53.9. The Morgan fingerprint density at radius 1 is 1.08 bits per heavy atom. The van der Waals surface area contributed by atoms with Crippen LogP contribution in [0, 0.1) is 5.92 Å². The second kappa shape index (κ2) is 19.2. The van der Waals surface area contributed by atoms with Gasteiger partial charge in [0.15, 0.2) is 17.7 Å². The number of ketones is 1. The molecule has 336 valence electrons. The van der Waals surface area contributed by atoms with Gasteiger partial charge < -0.3 is 53.8 Å². The number of methoxy groups -OCH3 is 1. The van der Waals surface area contributed by atoms with Crippen molar-refractivity contribution < 1.29 is 57.8 Å². The number of aromatic nitrogens is 3. The molecule has 18 heteroatoms. The maximum absolute atomic E-state index is 16.9. The zero-order valence-electron chi connectivity index (χ0n) is 36.5. The highest BCUT2D eigenvalue weighted by Crippen LogP contribution is 2.41. The average molecular weight is 849 g/mol. The fourth-order valence-corrected chi connectivity index (χ4v) is 9.46. The number of ether oxygens (including phenoxy) is 5. The van der Waals surface area contributed by atoms with E-state index in [1.54, 1.807) is 63.4 Å². The summed E-state index contributed by atoms with van der Waals surface area (Å²) in [5, 5.41) is 36.0. The molecule has 0 unspecified atom stereocenters. The third kappa shape index (κ3) is 9.55. The van der Waals surface area contributed by atoms with Gasteiger partial charge in [-0.3, -0.25) is 14.7 Å². The van der Waals surface area contributed by atoms with Crippen LogP contribution in [0.5, 0.6) is 0 Å². The number of rotatable bonds is 12. The molecule has 3 aliphatic heterocycles. The van der Waals surface area contributed by atoms with Crippen molar-refractivity contribution in [1.82, 2.24) is 29.7 Å². The lowest BCUT2D eigenvalue weighted by atomic mass is 9.78. The van der Waals surface area contributed by atoms with Crippen LogP contribution in [0.1, 0.15) is 74.1 Å². The van der Waals surface area contributed by atoms with E-state index in [9.17, 15) is 29.7 Å². The number of nitrogens with one attached hydrogen (secondary N) is 1. The van der Waals surface area contributed by atoms with E-state index in [1.165, 1.54) is 14.0 Å². The predicted octanol–water partition coefficient (Wildman–Crippen LogP) is 2.49. The molecule has 0 saturated carbocycles. The monoisotopic (exact) mass is 848 g/mol. The Balaban J connectivity index is 1.44. The largest absolute Gasteiger partial charge is 0.455 e. The van der Waals surface area contributed by atoms with Gasteiger partial charge in [0.1, 0.15) is 24.4 Å². The lowest BCUT2D eigenvalue weighted by Gasteiger charge is -2.49. The van der Waals surface area contributed by atoms with Crippen LogP contribution < -0.4 is 5.32 Å². The second-order valence-electron chi connectivity index (χ2n) is 17.4. The van der Waals surface area contributed by atoms with Gasteiger partial charge in [0.05, 0.1) is 42.4 Å². The minimum atomic E-state index is -3.21. The summed E-state index contributed by atoms with van der Waals surface area (Å²) < 4.78 is 49.3. The standard InChI is InChI=1S/C42H65FN6O11/c1-11-30-42(7)34(49(39(55)60-42)18-13-12-17-48-21-28(45-23-48)27-15-14-16-44-20-27)26(4)46-24(2)19-40(5,56-10)36(25(3)35(53)41(6,43)38(54)58-30)59-37-33(52)31(47(8)9)32(51)29(22-50)57-37/h14-16,20-21,23-26,29-34,36-37,46,50-52H,11-13,17-19,22H2,1-10H3/t24-,25+,26+,29-,30+,31+,32-,33-,34-,36-,37+,40+,41+,42-/m1/s1. The quantitative estimate of drug-likeness (QED) is 0.138. The molecule has 3 aliphatic rings. The van der Waals surface area contributed by atoms with Crippen LogP contribution in [0.3, 0.4) is 0 Å². The molecule has 0 aliphatic carbocycles. The maximum Gasteiger partial charge on any atom is 0.410 e. The number of hydrogen-bond acceptors (Lipinski definition) is 15. The number of Topliss-reactive ketones (excluding diaryl/α,β-unsaturated/α-hetero) is 1. The first kappa shape index (κ1) is 47.4. The summed E-state index contributed by atoms with van der Waals surface area (Å²) in [5.74, 6) is -4.03. The number of likely N-dealkylation sites (N-methyl/N-ethyl adjacent to an activating group) is 1. The van der Waals surface area contributed by atoms with Gasteiger partial charge in [-0.15, -0.1) is 0 Å². The van der Waals surface area contributed by atoms with Gasteiger partial charge in [-0.2, -0.15) is 0 Å². The molecule has 2 aromatic rings. The number of cyclic esters (lactones) is 1. The predicted molar refractivity (Wildman–Crippen MR) is 216 cm³/mol. The Bertz CT molecular complexity index is 1770. The van der Waals surface area contributed by atoms with Gasteiger partial charge in [-0.25, -0.2) is 19.0 Å². The van der Waals surface area contributed by atoms with Crippen molar-refractivity contribution >= 4 is 17.8 Å². The summed E-state index contributed by atoms with van der Waals surface area (Å²) in [5.41, 5.74) is -4.37. The number of hydrogen-bond donors (Lipinski definition) is 4.